The fourth-order valence-electron chi connectivity index (χ4n) is 8.86. The monoisotopic (exact) mass is 1380 g/mol. The molecule has 0 bridgehead atoms. The van der Waals surface area contributed by atoms with Crippen LogP contribution >= 0.6 is 0 Å². The van der Waals surface area contributed by atoms with E-state index in [9.17, 15) is 82.4 Å². The Morgan fingerprint density at radius 2 is 0.722 bits per heavy atom. The zero-order valence-electron chi connectivity index (χ0n) is 56.7. The summed E-state index contributed by atoms with van der Waals surface area (Å²) in [5, 5.41) is 59.7. The van der Waals surface area contributed by atoms with Crippen LogP contribution in [0, 0.1) is 17.8 Å². The summed E-state index contributed by atoms with van der Waals surface area (Å²) in [6.07, 6.45) is -2.82. The smallest absolute Gasteiger partial charge is 0.326 e. The van der Waals surface area contributed by atoms with Crippen molar-refractivity contribution in [1.82, 2.24) is 63.8 Å². The molecule has 0 rings (SSSR count). The van der Waals surface area contributed by atoms with Gasteiger partial charge in [-0.05, 0) is 89.9 Å². The van der Waals surface area contributed by atoms with Crippen LogP contribution in [0.25, 0.3) is 0 Å². The molecule has 0 aliphatic rings. The molecule has 0 unspecified atom stereocenters. The molecule has 97 heavy (non-hydrogen) atoms. The predicted molar refractivity (Wildman–Crippen MR) is 353 cm³/mol. The van der Waals surface area contributed by atoms with Crippen molar-refractivity contribution in [2.24, 2.45) is 78.6 Å². The van der Waals surface area contributed by atoms with Crippen molar-refractivity contribution in [3.63, 3.8) is 0 Å². The molecule has 550 valence electrons. The second-order valence-corrected chi connectivity index (χ2v) is 23.9. The van der Waals surface area contributed by atoms with Crippen LogP contribution in [0.3, 0.4) is 0 Å². The van der Waals surface area contributed by atoms with Gasteiger partial charge in [-0.15, -0.1) is 0 Å². The number of rotatable bonds is 46. The number of hydrogen-bond donors (Lipinski definition) is 23. The van der Waals surface area contributed by atoms with E-state index in [0.29, 0.717) is 0 Å². The Bertz CT molecular complexity index is 2770. The van der Waals surface area contributed by atoms with E-state index in [-0.39, 0.29) is 94.8 Å². The molecule has 0 aromatic rings. The number of aliphatic carboxylic acids is 1. The number of hydrogen-bond acceptors (Lipinski definition) is 20. The highest BCUT2D eigenvalue weighted by atomic mass is 16.4. The van der Waals surface area contributed by atoms with Gasteiger partial charge in [-0.2, -0.15) is 0 Å². The summed E-state index contributed by atoms with van der Waals surface area (Å²) in [6, 6.07) is -18.0. The lowest BCUT2D eigenvalue weighted by molar-refractivity contribution is -0.142. The molecule has 40 nitrogen and oxygen atoms in total. The number of carbonyl (C=O) groups is 14. The van der Waals surface area contributed by atoms with Crippen LogP contribution in [0.1, 0.15) is 127 Å². The number of nitrogens with zero attached hydrogens (tertiary/aromatic N) is 3. The normalized spacial score (nSPS) is 15.1. The highest BCUT2D eigenvalue weighted by Gasteiger charge is 2.38. The highest BCUT2D eigenvalue weighted by Crippen LogP contribution is 2.12. The Labute approximate surface area is 562 Å². The number of aliphatic hydroxyl groups excluding tert-OH is 2. The standard InChI is InChI=1S/C57H105N23O17/c1-11-31(71-50(92)37(24-81)77-43(85)28(8)69-49(91)36(22-38(59)83)76-51(93)41(27(6)7)79-52(94)40(26(4)5)78-39(84)23-58)45(87)72-32(15-12-18-66-55(60)61)47(89)75-35(21-25(2)3)48(90)70-29(9)44(86)80-42(30(10)82)53(95)73-33(16-13-19-67-56(62)63)46(88)74-34(54(96)97)17-14-20-68-57(64)65/h25-37,40-42,81-82H,11-24,58H2,1-10H3,(H2,59,83)(H,69,91)(H,70,90)(H,71,92)(H,72,87)(H,73,95)(H,74,88)(H,75,89)(H,76,93)(H,77,85)(H,78,84)(H,79,94)(H,80,86)(H,96,97)(H4,60,61,66)(H4,62,63,67)(H4,64,65,68)/t28-,29-,30+,31-,32-,33-,34-,35-,36-,37-,40-,41-,42-/m0/s1. The number of carboxylic acid groups (broad SMARTS) is 1. The first-order valence-corrected chi connectivity index (χ1v) is 31.5. The maximum Gasteiger partial charge on any atom is 0.326 e. The summed E-state index contributed by atoms with van der Waals surface area (Å²) in [6.45, 7) is 13.3. The molecule has 0 radical (unpaired) electrons. The van der Waals surface area contributed by atoms with Crippen LogP contribution < -0.4 is 110 Å². The average Bonchev–Trinajstić information content (AvgIpc) is 0.897. The van der Waals surface area contributed by atoms with Crippen molar-refractivity contribution in [2.45, 2.75) is 206 Å². The third kappa shape index (κ3) is 34.5. The number of aliphatic hydroxyl groups is 2. The lowest BCUT2D eigenvalue weighted by atomic mass is 9.99. The summed E-state index contributed by atoms with van der Waals surface area (Å²) in [4.78, 5) is 198. The van der Waals surface area contributed by atoms with E-state index in [2.05, 4.69) is 78.8 Å². The molecule has 0 aliphatic carbocycles. The van der Waals surface area contributed by atoms with Crippen LogP contribution in [-0.2, 0) is 67.1 Å². The number of aliphatic imine (C=N–C) groups is 3. The van der Waals surface area contributed by atoms with Crippen molar-refractivity contribution < 1.29 is 82.4 Å². The van der Waals surface area contributed by atoms with Crippen molar-refractivity contribution in [3.05, 3.63) is 0 Å². The van der Waals surface area contributed by atoms with E-state index in [0.717, 1.165) is 13.8 Å². The molecule has 0 heterocycles. The van der Waals surface area contributed by atoms with Crippen molar-refractivity contribution in [3.8, 4) is 0 Å². The Hall–Kier alpha value is -9.73. The summed E-state index contributed by atoms with van der Waals surface area (Å²) in [5.41, 5.74) is 43.3. The lowest BCUT2D eigenvalue weighted by Gasteiger charge is -2.28. The van der Waals surface area contributed by atoms with Gasteiger partial charge in [0, 0.05) is 19.6 Å². The quantitative estimate of drug-likeness (QED) is 0.0153. The van der Waals surface area contributed by atoms with E-state index in [1.54, 1.807) is 41.5 Å². The van der Waals surface area contributed by atoms with Gasteiger partial charge < -0.3 is 125 Å². The summed E-state index contributed by atoms with van der Waals surface area (Å²) in [5.74, 6) is -16.2. The van der Waals surface area contributed by atoms with Gasteiger partial charge in [-0.25, -0.2) is 4.79 Å². The van der Waals surface area contributed by atoms with Crippen LogP contribution in [0.2, 0.25) is 0 Å². The topological polar surface area (TPSA) is 689 Å². The summed E-state index contributed by atoms with van der Waals surface area (Å²) < 4.78 is 0. The Kier molecular flexibility index (Phi) is 40.3. The van der Waals surface area contributed by atoms with Crippen molar-refractivity contribution >= 4 is 101 Å². The molecule has 0 aromatic heterocycles. The van der Waals surface area contributed by atoms with Gasteiger partial charge in [0.1, 0.15) is 72.5 Å². The van der Waals surface area contributed by atoms with Gasteiger partial charge in [0.15, 0.2) is 17.9 Å². The van der Waals surface area contributed by atoms with E-state index in [4.69, 9.17) is 45.9 Å². The molecule has 0 fully saturated rings. The molecule has 0 saturated heterocycles. The van der Waals surface area contributed by atoms with E-state index in [1.165, 1.54) is 13.8 Å². The second kappa shape index (κ2) is 44.8. The fraction of sp³-hybridized carbons (Fsp3) is 0.702. The molecule has 0 saturated carbocycles. The van der Waals surface area contributed by atoms with Gasteiger partial charge in [0.25, 0.3) is 0 Å². The molecular formula is C57H105N23O17. The SMILES string of the molecule is CC[C@H](NC(=O)[C@H](CO)NC(=O)[C@H](C)NC(=O)[C@H](CC(N)=O)NC(=O)[C@@H](NC(=O)[C@@H](NC(=O)CN)C(C)C)C(C)C)C(=O)N[C@@H](CCCN=C(N)N)C(=O)N[C@@H](CC(C)C)C(=O)N[C@@H](C)C(=O)N[C@H](C(=O)N[C@@H](CCCN=C(N)N)C(=O)N[C@@H](CCCN=C(N)N)C(=O)O)[C@@H](C)O. The van der Waals surface area contributed by atoms with Crippen LogP contribution in [0.4, 0.5) is 0 Å². The molecule has 31 N–H and O–H groups in total. The number of nitrogens with one attached hydrogen (secondary N) is 12. The minimum absolute atomic E-state index is 0.0125. The van der Waals surface area contributed by atoms with E-state index in [1.807, 2.05) is 0 Å². The Balaban J connectivity index is 6.50. The Morgan fingerprint density at radius 1 is 0.392 bits per heavy atom. The number of carboxylic acids is 1. The van der Waals surface area contributed by atoms with Gasteiger partial charge in [-0.1, -0.05) is 48.5 Å². The zero-order valence-corrected chi connectivity index (χ0v) is 56.7. The molecule has 0 aromatic carbocycles. The van der Waals surface area contributed by atoms with Gasteiger partial charge >= 0.3 is 5.97 Å². The number of guanidine groups is 3. The number of carbonyl (C=O) groups excluding carboxylic acids is 13. The molecule has 13 atom stereocenters. The molecule has 0 aliphatic heterocycles. The average molecular weight is 1380 g/mol. The first kappa shape index (κ1) is 87.3. The van der Waals surface area contributed by atoms with Crippen molar-refractivity contribution in [1.29, 1.82) is 0 Å². The number of primary amides is 1. The van der Waals surface area contributed by atoms with Crippen molar-refractivity contribution in [2.75, 3.05) is 32.8 Å². The minimum atomic E-state index is -1.78. The molecular weight excluding hydrogens is 1280 g/mol. The third-order valence-electron chi connectivity index (χ3n) is 14.2. The first-order chi connectivity index (χ1) is 45.2. The van der Waals surface area contributed by atoms with Gasteiger partial charge in [0.2, 0.25) is 76.8 Å². The number of nitrogens with two attached hydrogens (primary N) is 8. The van der Waals surface area contributed by atoms with Gasteiger partial charge in [0.05, 0.1) is 25.7 Å². The van der Waals surface area contributed by atoms with Crippen LogP contribution in [-0.4, -0.2) is 227 Å². The fourth-order valence-corrected chi connectivity index (χ4v) is 8.86. The zero-order chi connectivity index (χ0) is 74.6. The van der Waals surface area contributed by atoms with E-state index >= 15 is 0 Å². The summed E-state index contributed by atoms with van der Waals surface area (Å²) >= 11 is 0. The highest BCUT2D eigenvalue weighted by molar-refractivity contribution is 6.00. The Morgan fingerprint density at radius 3 is 1.12 bits per heavy atom. The van der Waals surface area contributed by atoms with Gasteiger partial charge in [-0.3, -0.25) is 77.3 Å². The maximum absolute atomic E-state index is 14.2. The molecule has 0 spiro atoms. The summed E-state index contributed by atoms with van der Waals surface area (Å²) in [7, 11) is 0. The largest absolute Gasteiger partial charge is 0.480 e. The van der Waals surface area contributed by atoms with Crippen LogP contribution in [0.15, 0.2) is 15.0 Å². The third-order valence-corrected chi connectivity index (χ3v) is 14.2. The molecule has 40 heteroatoms. The minimum Gasteiger partial charge on any atom is -0.480 e. The predicted octanol–water partition coefficient (Wildman–Crippen LogP) is -9.94. The molecule has 13 amide bonds. The van der Waals surface area contributed by atoms with Crippen LogP contribution in [0.5, 0.6) is 0 Å². The second-order valence-electron chi connectivity index (χ2n) is 23.9. The number of amides is 13. The first-order valence-electron chi connectivity index (χ1n) is 31.5. The lowest BCUT2D eigenvalue weighted by Crippen LogP contribution is -2.61. The maximum atomic E-state index is 14.2. The van der Waals surface area contributed by atoms with E-state index < -0.39 is 193 Å².